The Kier molecular flexibility index (Phi) is 4.53. The van der Waals surface area contributed by atoms with Gasteiger partial charge in [-0.1, -0.05) is 25.5 Å². The number of aliphatic carboxylic acids is 1. The standard InChI is InChI=1S/C13H16N2O2/c1-3-5-11(13(16)17)15-12-9(2)6-4-7-10(12)8-14/h4,6-7,11,15H,3,5H2,1-2H3,(H,16,17). The number of nitrogens with zero attached hydrogens (tertiary/aromatic N) is 1. The molecule has 1 atom stereocenters. The molecule has 0 amide bonds. The summed E-state index contributed by atoms with van der Waals surface area (Å²) in [6.07, 6.45) is 1.31. The third-order valence-corrected chi connectivity index (χ3v) is 2.59. The molecule has 1 rings (SSSR count). The zero-order chi connectivity index (χ0) is 12.8. The van der Waals surface area contributed by atoms with Crippen LogP contribution in [0.3, 0.4) is 0 Å². The van der Waals surface area contributed by atoms with Gasteiger partial charge in [-0.15, -0.1) is 0 Å². The van der Waals surface area contributed by atoms with Crippen molar-refractivity contribution in [1.82, 2.24) is 0 Å². The summed E-state index contributed by atoms with van der Waals surface area (Å²) in [6, 6.07) is 6.74. The van der Waals surface area contributed by atoms with Gasteiger partial charge >= 0.3 is 5.97 Å². The van der Waals surface area contributed by atoms with Gasteiger partial charge in [-0.2, -0.15) is 5.26 Å². The van der Waals surface area contributed by atoms with Gasteiger partial charge < -0.3 is 10.4 Å². The first kappa shape index (κ1) is 13.0. The largest absolute Gasteiger partial charge is 0.480 e. The third-order valence-electron chi connectivity index (χ3n) is 2.59. The molecule has 2 N–H and O–H groups in total. The monoisotopic (exact) mass is 232 g/mol. The maximum Gasteiger partial charge on any atom is 0.326 e. The molecular formula is C13H16N2O2. The number of anilines is 1. The molecule has 0 saturated heterocycles. The maximum absolute atomic E-state index is 11.1. The number of hydrogen-bond donors (Lipinski definition) is 2. The second-order valence-corrected chi connectivity index (χ2v) is 3.93. The number of nitrogens with one attached hydrogen (secondary N) is 1. The number of carbonyl (C=O) groups is 1. The zero-order valence-corrected chi connectivity index (χ0v) is 10.0. The van der Waals surface area contributed by atoms with Gasteiger partial charge in [0.15, 0.2) is 0 Å². The lowest BCUT2D eigenvalue weighted by atomic mass is 10.1. The minimum absolute atomic E-state index is 0.479. The van der Waals surface area contributed by atoms with Crippen LogP contribution in [0.5, 0.6) is 0 Å². The molecule has 0 heterocycles. The summed E-state index contributed by atoms with van der Waals surface area (Å²) in [5.74, 6) is -0.890. The van der Waals surface area contributed by atoms with Gasteiger partial charge in [-0.05, 0) is 25.0 Å². The van der Waals surface area contributed by atoms with E-state index in [1.165, 1.54) is 0 Å². The van der Waals surface area contributed by atoms with Crippen LogP contribution in [-0.4, -0.2) is 17.1 Å². The van der Waals surface area contributed by atoms with Gasteiger partial charge in [0.2, 0.25) is 0 Å². The SMILES string of the molecule is CCCC(Nc1c(C)cccc1C#N)C(=O)O. The van der Waals surface area contributed by atoms with Crippen LogP contribution in [0.4, 0.5) is 5.69 Å². The van der Waals surface area contributed by atoms with Crippen molar-refractivity contribution < 1.29 is 9.90 Å². The minimum atomic E-state index is -0.890. The van der Waals surface area contributed by atoms with E-state index in [0.29, 0.717) is 17.7 Å². The predicted molar refractivity (Wildman–Crippen MR) is 65.8 cm³/mol. The lowest BCUT2D eigenvalue weighted by Crippen LogP contribution is -2.29. The molecule has 4 heteroatoms. The average molecular weight is 232 g/mol. The Morgan fingerprint density at radius 1 is 1.59 bits per heavy atom. The fourth-order valence-electron chi connectivity index (χ4n) is 1.67. The van der Waals surface area contributed by atoms with Crippen LogP contribution >= 0.6 is 0 Å². The normalized spacial score (nSPS) is 11.6. The summed E-state index contributed by atoms with van der Waals surface area (Å²) in [4.78, 5) is 11.1. The van der Waals surface area contributed by atoms with E-state index >= 15 is 0 Å². The molecule has 1 aromatic carbocycles. The molecule has 0 aliphatic rings. The Balaban J connectivity index is 3.00. The van der Waals surface area contributed by atoms with Gasteiger partial charge in [-0.3, -0.25) is 0 Å². The number of para-hydroxylation sites is 1. The van der Waals surface area contributed by atoms with E-state index in [4.69, 9.17) is 10.4 Å². The van der Waals surface area contributed by atoms with Crippen LogP contribution in [0, 0.1) is 18.3 Å². The van der Waals surface area contributed by atoms with Crippen LogP contribution in [0.1, 0.15) is 30.9 Å². The first-order chi connectivity index (χ1) is 8.10. The van der Waals surface area contributed by atoms with E-state index in [-0.39, 0.29) is 0 Å². The van der Waals surface area contributed by atoms with Crippen LogP contribution in [0.25, 0.3) is 0 Å². The zero-order valence-electron chi connectivity index (χ0n) is 10.0. The quantitative estimate of drug-likeness (QED) is 0.818. The van der Waals surface area contributed by atoms with E-state index in [9.17, 15) is 4.79 Å². The minimum Gasteiger partial charge on any atom is -0.480 e. The summed E-state index contributed by atoms with van der Waals surface area (Å²) in [5, 5.41) is 21.0. The summed E-state index contributed by atoms with van der Waals surface area (Å²) in [6.45, 7) is 3.79. The Morgan fingerprint density at radius 3 is 2.82 bits per heavy atom. The summed E-state index contributed by atoms with van der Waals surface area (Å²) in [5.41, 5.74) is 1.98. The highest BCUT2D eigenvalue weighted by Crippen LogP contribution is 2.21. The molecule has 0 aliphatic carbocycles. The first-order valence-electron chi connectivity index (χ1n) is 5.59. The van der Waals surface area contributed by atoms with Gasteiger partial charge in [-0.25, -0.2) is 4.79 Å². The van der Waals surface area contributed by atoms with E-state index in [1.807, 2.05) is 19.9 Å². The Morgan fingerprint density at radius 2 is 2.29 bits per heavy atom. The number of benzene rings is 1. The molecular weight excluding hydrogens is 216 g/mol. The van der Waals surface area contributed by atoms with Crippen LogP contribution < -0.4 is 5.32 Å². The predicted octanol–water partition coefficient (Wildman–Crippen LogP) is 2.53. The molecule has 0 bridgehead atoms. The number of aryl methyl sites for hydroxylation is 1. The van der Waals surface area contributed by atoms with Crippen molar-refractivity contribution in [3.8, 4) is 6.07 Å². The van der Waals surface area contributed by atoms with Crippen LogP contribution in [0.2, 0.25) is 0 Å². The second kappa shape index (κ2) is 5.90. The van der Waals surface area contributed by atoms with E-state index in [0.717, 1.165) is 12.0 Å². The average Bonchev–Trinajstić information content (AvgIpc) is 2.30. The molecule has 0 spiro atoms. The number of carboxylic acids is 1. The summed E-state index contributed by atoms with van der Waals surface area (Å²) in [7, 11) is 0. The molecule has 0 aromatic heterocycles. The molecule has 90 valence electrons. The molecule has 0 saturated carbocycles. The number of hydrogen-bond acceptors (Lipinski definition) is 3. The van der Waals surface area contributed by atoms with E-state index in [1.54, 1.807) is 12.1 Å². The summed E-state index contributed by atoms with van der Waals surface area (Å²) >= 11 is 0. The fraction of sp³-hybridized carbons (Fsp3) is 0.385. The molecule has 0 fully saturated rings. The molecule has 0 radical (unpaired) electrons. The van der Waals surface area contributed by atoms with Crippen LogP contribution in [0.15, 0.2) is 18.2 Å². The van der Waals surface area contributed by atoms with E-state index in [2.05, 4.69) is 11.4 Å². The fourth-order valence-corrected chi connectivity index (χ4v) is 1.67. The third kappa shape index (κ3) is 3.22. The maximum atomic E-state index is 11.1. The van der Waals surface area contributed by atoms with Gasteiger partial charge in [0.05, 0.1) is 11.3 Å². The smallest absolute Gasteiger partial charge is 0.326 e. The van der Waals surface area contributed by atoms with E-state index < -0.39 is 12.0 Å². The van der Waals surface area contributed by atoms with Crippen molar-refractivity contribution in [3.63, 3.8) is 0 Å². The van der Waals surface area contributed by atoms with Crippen molar-refractivity contribution in [3.05, 3.63) is 29.3 Å². The first-order valence-corrected chi connectivity index (χ1v) is 5.59. The van der Waals surface area contributed by atoms with Crippen molar-refractivity contribution in [2.75, 3.05) is 5.32 Å². The van der Waals surface area contributed by atoms with Crippen molar-refractivity contribution in [1.29, 1.82) is 5.26 Å². The molecule has 1 aromatic rings. The second-order valence-electron chi connectivity index (χ2n) is 3.93. The lowest BCUT2D eigenvalue weighted by molar-refractivity contribution is -0.138. The topological polar surface area (TPSA) is 73.1 Å². The molecule has 0 aliphatic heterocycles. The molecule has 1 unspecified atom stereocenters. The number of rotatable bonds is 5. The highest BCUT2D eigenvalue weighted by Gasteiger charge is 2.18. The highest BCUT2D eigenvalue weighted by molar-refractivity contribution is 5.79. The van der Waals surface area contributed by atoms with Crippen molar-refractivity contribution in [2.45, 2.75) is 32.7 Å². The Hall–Kier alpha value is -2.02. The van der Waals surface area contributed by atoms with Crippen molar-refractivity contribution >= 4 is 11.7 Å². The highest BCUT2D eigenvalue weighted by atomic mass is 16.4. The molecule has 17 heavy (non-hydrogen) atoms. The molecule has 4 nitrogen and oxygen atoms in total. The number of carboxylic acid groups (broad SMARTS) is 1. The summed E-state index contributed by atoms with van der Waals surface area (Å²) < 4.78 is 0. The van der Waals surface area contributed by atoms with Gasteiger partial charge in [0, 0.05) is 0 Å². The van der Waals surface area contributed by atoms with Crippen LogP contribution in [-0.2, 0) is 4.79 Å². The van der Waals surface area contributed by atoms with Gasteiger partial charge in [0.25, 0.3) is 0 Å². The Bertz CT molecular complexity index is 449. The number of nitriles is 1. The van der Waals surface area contributed by atoms with Crippen molar-refractivity contribution in [2.24, 2.45) is 0 Å². The van der Waals surface area contributed by atoms with Gasteiger partial charge in [0.1, 0.15) is 12.1 Å². The lowest BCUT2D eigenvalue weighted by Gasteiger charge is -2.17. The Labute approximate surface area is 101 Å².